The molecule has 0 unspecified atom stereocenters. The number of para-hydroxylation sites is 2. The Kier molecular flexibility index (Phi) is 4.71. The van der Waals surface area contributed by atoms with Gasteiger partial charge in [-0.15, -0.1) is 0 Å². The number of unbranched alkanes of at least 4 members (excludes halogenated alkanes) is 2. The Labute approximate surface area is 135 Å². The fraction of sp³-hybridized carbons (Fsp3) is 0.263. The number of nitrogens with zero attached hydrogens (tertiary/aromatic N) is 1. The molecule has 118 valence electrons. The van der Waals surface area contributed by atoms with Crippen LogP contribution in [0.25, 0.3) is 21.8 Å². The van der Waals surface area contributed by atoms with Crippen molar-refractivity contribution in [2.75, 3.05) is 11.9 Å². The van der Waals surface area contributed by atoms with Gasteiger partial charge in [0.15, 0.2) is 0 Å². The van der Waals surface area contributed by atoms with Gasteiger partial charge >= 0.3 is 5.97 Å². The highest BCUT2D eigenvalue weighted by Gasteiger charge is 2.07. The molecule has 0 saturated carbocycles. The number of carboxylic acid groups (broad SMARTS) is 1. The van der Waals surface area contributed by atoms with E-state index in [2.05, 4.69) is 17.4 Å². The summed E-state index contributed by atoms with van der Waals surface area (Å²) >= 11 is 0. The summed E-state index contributed by atoms with van der Waals surface area (Å²) in [5.41, 5.74) is 3.09. The highest BCUT2D eigenvalue weighted by molar-refractivity contribution is 6.07. The summed E-state index contributed by atoms with van der Waals surface area (Å²) in [5, 5.41) is 14.4. The third-order valence-electron chi connectivity index (χ3n) is 3.96. The molecular weight excluding hydrogens is 288 g/mol. The number of hydrogen-bond donors (Lipinski definition) is 2. The van der Waals surface area contributed by atoms with Gasteiger partial charge in [-0.3, -0.25) is 4.79 Å². The smallest absolute Gasteiger partial charge is 0.303 e. The van der Waals surface area contributed by atoms with Crippen LogP contribution in [0.4, 0.5) is 5.69 Å². The summed E-state index contributed by atoms with van der Waals surface area (Å²) in [5.74, 6) is -0.718. The number of carbonyl (C=O) groups is 1. The van der Waals surface area contributed by atoms with Crippen LogP contribution in [0.1, 0.15) is 25.7 Å². The summed E-state index contributed by atoms with van der Waals surface area (Å²) in [4.78, 5) is 15.2. The second-order valence-electron chi connectivity index (χ2n) is 5.65. The van der Waals surface area contributed by atoms with E-state index in [-0.39, 0.29) is 6.42 Å². The number of aromatic nitrogens is 1. The first kappa shape index (κ1) is 15.3. The molecule has 4 heteroatoms. The van der Waals surface area contributed by atoms with Crippen molar-refractivity contribution in [2.24, 2.45) is 0 Å². The van der Waals surface area contributed by atoms with Crippen LogP contribution >= 0.6 is 0 Å². The zero-order valence-corrected chi connectivity index (χ0v) is 13.0. The van der Waals surface area contributed by atoms with Crippen molar-refractivity contribution >= 4 is 33.5 Å². The molecule has 0 amide bonds. The van der Waals surface area contributed by atoms with Gasteiger partial charge < -0.3 is 10.4 Å². The molecule has 1 heterocycles. The van der Waals surface area contributed by atoms with Gasteiger partial charge in [-0.1, -0.05) is 42.8 Å². The number of carboxylic acids is 1. The fourth-order valence-corrected chi connectivity index (χ4v) is 2.82. The van der Waals surface area contributed by atoms with Crippen molar-refractivity contribution in [1.29, 1.82) is 0 Å². The van der Waals surface area contributed by atoms with Crippen molar-refractivity contribution in [3.8, 4) is 0 Å². The highest BCUT2D eigenvalue weighted by atomic mass is 16.4. The van der Waals surface area contributed by atoms with Gasteiger partial charge in [0.05, 0.1) is 16.7 Å². The molecule has 0 spiro atoms. The lowest BCUT2D eigenvalue weighted by molar-refractivity contribution is -0.137. The summed E-state index contributed by atoms with van der Waals surface area (Å²) in [6.07, 6.45) is 2.86. The van der Waals surface area contributed by atoms with Crippen LogP contribution in [0.15, 0.2) is 48.5 Å². The largest absolute Gasteiger partial charge is 0.481 e. The van der Waals surface area contributed by atoms with Crippen LogP contribution in [0.3, 0.4) is 0 Å². The molecule has 0 saturated heterocycles. The number of fused-ring (bicyclic) bond motifs is 2. The molecular formula is C19H20N2O2. The number of benzene rings is 2. The molecule has 0 aliphatic heterocycles. The van der Waals surface area contributed by atoms with Gasteiger partial charge in [0.25, 0.3) is 0 Å². The number of pyridine rings is 1. The SMILES string of the molecule is O=C(O)CCCCCNc1c2ccccc2nc2ccccc12. The monoisotopic (exact) mass is 308 g/mol. The van der Waals surface area contributed by atoms with Gasteiger partial charge in [0.1, 0.15) is 0 Å². The van der Waals surface area contributed by atoms with Gasteiger partial charge in [0.2, 0.25) is 0 Å². The van der Waals surface area contributed by atoms with E-state index in [0.717, 1.165) is 53.3 Å². The molecule has 0 atom stereocenters. The van der Waals surface area contributed by atoms with E-state index < -0.39 is 5.97 Å². The molecule has 23 heavy (non-hydrogen) atoms. The molecule has 3 aromatic rings. The quantitative estimate of drug-likeness (QED) is 0.500. The number of hydrogen-bond acceptors (Lipinski definition) is 3. The zero-order valence-electron chi connectivity index (χ0n) is 13.0. The first-order valence-electron chi connectivity index (χ1n) is 7.99. The Balaban J connectivity index is 1.79. The van der Waals surface area contributed by atoms with Gasteiger partial charge in [-0.25, -0.2) is 4.98 Å². The Bertz CT molecular complexity index is 776. The van der Waals surface area contributed by atoms with Gasteiger partial charge in [-0.2, -0.15) is 0 Å². The maximum absolute atomic E-state index is 10.5. The van der Waals surface area contributed by atoms with Crippen LogP contribution in [0, 0.1) is 0 Å². The molecule has 0 bridgehead atoms. The van der Waals surface area contributed by atoms with Crippen molar-refractivity contribution in [3.05, 3.63) is 48.5 Å². The molecule has 0 aliphatic carbocycles. The van der Waals surface area contributed by atoms with Crippen LogP contribution in [-0.2, 0) is 4.79 Å². The average Bonchev–Trinajstić information content (AvgIpc) is 2.56. The van der Waals surface area contributed by atoms with Crippen LogP contribution < -0.4 is 5.32 Å². The van der Waals surface area contributed by atoms with E-state index in [1.807, 2.05) is 36.4 Å². The fourth-order valence-electron chi connectivity index (χ4n) is 2.82. The van der Waals surface area contributed by atoms with E-state index in [1.165, 1.54) is 0 Å². The summed E-state index contributed by atoms with van der Waals surface area (Å²) in [6, 6.07) is 16.3. The Morgan fingerprint density at radius 2 is 1.52 bits per heavy atom. The molecule has 3 rings (SSSR count). The van der Waals surface area contributed by atoms with Gasteiger partial charge in [0, 0.05) is 23.7 Å². The van der Waals surface area contributed by atoms with E-state index in [4.69, 9.17) is 10.1 Å². The minimum absolute atomic E-state index is 0.251. The maximum atomic E-state index is 10.5. The minimum atomic E-state index is -0.718. The highest BCUT2D eigenvalue weighted by Crippen LogP contribution is 2.30. The number of aliphatic carboxylic acids is 1. The Morgan fingerprint density at radius 1 is 0.913 bits per heavy atom. The lowest BCUT2D eigenvalue weighted by Gasteiger charge is -2.13. The maximum Gasteiger partial charge on any atom is 0.303 e. The molecule has 0 aliphatic rings. The normalized spacial score (nSPS) is 11.0. The van der Waals surface area contributed by atoms with Crippen molar-refractivity contribution in [2.45, 2.75) is 25.7 Å². The number of rotatable bonds is 7. The third kappa shape index (κ3) is 3.59. The van der Waals surface area contributed by atoms with E-state index in [9.17, 15) is 4.79 Å². The van der Waals surface area contributed by atoms with E-state index in [0.29, 0.717) is 0 Å². The first-order valence-corrected chi connectivity index (χ1v) is 7.99. The molecule has 2 N–H and O–H groups in total. The molecule has 0 radical (unpaired) electrons. The zero-order chi connectivity index (χ0) is 16.1. The summed E-state index contributed by atoms with van der Waals surface area (Å²) in [6.45, 7) is 0.831. The second kappa shape index (κ2) is 7.09. The standard InChI is InChI=1S/C19H20N2O2/c22-18(23)12-2-1-7-13-20-19-14-8-3-5-10-16(14)21-17-11-6-4-9-15(17)19/h3-6,8-11H,1-2,7,12-13H2,(H,20,21)(H,22,23). The Hall–Kier alpha value is -2.62. The first-order chi connectivity index (χ1) is 11.3. The predicted molar refractivity (Wildman–Crippen MR) is 93.8 cm³/mol. The molecule has 2 aromatic carbocycles. The number of nitrogens with one attached hydrogen (secondary N) is 1. The van der Waals surface area contributed by atoms with Crippen LogP contribution in [0.2, 0.25) is 0 Å². The lowest BCUT2D eigenvalue weighted by Crippen LogP contribution is -2.04. The average molecular weight is 308 g/mol. The van der Waals surface area contributed by atoms with Crippen molar-refractivity contribution in [3.63, 3.8) is 0 Å². The second-order valence-corrected chi connectivity index (χ2v) is 5.65. The predicted octanol–water partition coefficient (Wildman–Crippen LogP) is 4.44. The summed E-state index contributed by atoms with van der Waals surface area (Å²) < 4.78 is 0. The molecule has 0 fully saturated rings. The van der Waals surface area contributed by atoms with Crippen molar-refractivity contribution < 1.29 is 9.90 Å². The van der Waals surface area contributed by atoms with Crippen LogP contribution in [0.5, 0.6) is 0 Å². The van der Waals surface area contributed by atoms with Gasteiger partial charge in [-0.05, 0) is 25.0 Å². The topological polar surface area (TPSA) is 62.2 Å². The lowest BCUT2D eigenvalue weighted by atomic mass is 10.1. The van der Waals surface area contributed by atoms with E-state index in [1.54, 1.807) is 0 Å². The van der Waals surface area contributed by atoms with E-state index >= 15 is 0 Å². The Morgan fingerprint density at radius 3 is 2.13 bits per heavy atom. The number of anilines is 1. The van der Waals surface area contributed by atoms with Crippen LogP contribution in [-0.4, -0.2) is 22.6 Å². The van der Waals surface area contributed by atoms with Crippen molar-refractivity contribution in [1.82, 2.24) is 4.98 Å². The minimum Gasteiger partial charge on any atom is -0.481 e. The third-order valence-corrected chi connectivity index (χ3v) is 3.96. The molecule has 4 nitrogen and oxygen atoms in total. The summed E-state index contributed by atoms with van der Waals surface area (Å²) in [7, 11) is 0. The molecule has 1 aromatic heterocycles.